The first kappa shape index (κ1) is 13.3. The number of nitrogens with one attached hydrogen (secondary N) is 1. The Kier molecular flexibility index (Phi) is 4.14. The molecule has 0 spiro atoms. The first-order chi connectivity index (χ1) is 9.88. The smallest absolute Gasteiger partial charge is 0.137 e. The molecule has 0 radical (unpaired) electrons. The van der Waals surface area contributed by atoms with Gasteiger partial charge in [0.25, 0.3) is 0 Å². The monoisotopic (exact) mass is 271 g/mol. The number of hydrogen-bond donors (Lipinski definition) is 1. The third-order valence-electron chi connectivity index (χ3n) is 3.85. The van der Waals surface area contributed by atoms with Crippen LogP contribution in [0.2, 0.25) is 0 Å². The fraction of sp³-hybridized carbons (Fsp3) is 0.438. The van der Waals surface area contributed by atoms with Crippen molar-refractivity contribution in [2.24, 2.45) is 0 Å². The van der Waals surface area contributed by atoms with Crippen LogP contribution in [0.5, 0.6) is 0 Å². The van der Waals surface area contributed by atoms with Gasteiger partial charge in [-0.2, -0.15) is 0 Å². The van der Waals surface area contributed by atoms with E-state index in [9.17, 15) is 0 Å². The van der Waals surface area contributed by atoms with Crippen LogP contribution in [0.1, 0.15) is 18.9 Å². The van der Waals surface area contributed by atoms with Crippen LogP contribution in [0.4, 0.5) is 0 Å². The van der Waals surface area contributed by atoms with Crippen LogP contribution in [0.25, 0.3) is 16.6 Å². The van der Waals surface area contributed by atoms with E-state index in [4.69, 9.17) is 4.74 Å². The lowest BCUT2D eigenvalue weighted by Crippen LogP contribution is -2.31. The van der Waals surface area contributed by atoms with Crippen molar-refractivity contribution in [1.82, 2.24) is 14.9 Å². The highest BCUT2D eigenvalue weighted by atomic mass is 16.5. The fourth-order valence-electron chi connectivity index (χ4n) is 2.72. The predicted octanol–water partition coefficient (Wildman–Crippen LogP) is 2.69. The van der Waals surface area contributed by atoms with Gasteiger partial charge in [-0.25, -0.2) is 4.98 Å². The number of pyridine rings is 1. The van der Waals surface area contributed by atoms with Crippen LogP contribution >= 0.6 is 0 Å². The standard InChI is InChI=1S/C16H21N3O/c1-2-20-11-10-19-8-5-13(6-9-19)15-12-18-16-14(15)4-3-7-17-16/h3-5,7,12H,2,6,8-11H2,1H3,(H,17,18). The molecule has 4 heteroatoms. The van der Waals surface area contributed by atoms with Crippen molar-refractivity contribution in [3.63, 3.8) is 0 Å². The van der Waals surface area contributed by atoms with Crippen molar-refractivity contribution in [3.8, 4) is 0 Å². The van der Waals surface area contributed by atoms with E-state index in [0.717, 1.165) is 44.9 Å². The van der Waals surface area contributed by atoms with Crippen molar-refractivity contribution < 1.29 is 4.74 Å². The zero-order chi connectivity index (χ0) is 13.8. The molecular formula is C16H21N3O. The summed E-state index contributed by atoms with van der Waals surface area (Å²) in [6.45, 7) is 6.81. The summed E-state index contributed by atoms with van der Waals surface area (Å²) in [5.41, 5.74) is 3.71. The normalized spacial score (nSPS) is 16.6. The molecule has 0 aliphatic carbocycles. The summed E-state index contributed by atoms with van der Waals surface area (Å²) in [5, 5.41) is 1.22. The molecule has 0 unspecified atom stereocenters. The Morgan fingerprint density at radius 2 is 2.40 bits per heavy atom. The van der Waals surface area contributed by atoms with Gasteiger partial charge in [-0.1, -0.05) is 6.08 Å². The number of ether oxygens (including phenoxy) is 1. The molecule has 1 aliphatic heterocycles. The van der Waals surface area contributed by atoms with Crippen molar-refractivity contribution in [3.05, 3.63) is 36.2 Å². The van der Waals surface area contributed by atoms with E-state index >= 15 is 0 Å². The number of aromatic nitrogens is 2. The molecule has 0 saturated carbocycles. The maximum atomic E-state index is 5.42. The number of rotatable bonds is 5. The van der Waals surface area contributed by atoms with Crippen LogP contribution in [0.15, 0.2) is 30.6 Å². The molecule has 0 aromatic carbocycles. The Hall–Kier alpha value is -1.65. The second-order valence-electron chi connectivity index (χ2n) is 5.08. The van der Waals surface area contributed by atoms with Gasteiger partial charge in [0.05, 0.1) is 6.61 Å². The van der Waals surface area contributed by atoms with Crippen molar-refractivity contribution in [1.29, 1.82) is 0 Å². The molecule has 0 bridgehead atoms. The van der Waals surface area contributed by atoms with E-state index in [1.54, 1.807) is 0 Å². The molecular weight excluding hydrogens is 250 g/mol. The van der Waals surface area contributed by atoms with Crippen LogP contribution in [0, 0.1) is 0 Å². The highest BCUT2D eigenvalue weighted by molar-refractivity contribution is 5.90. The second kappa shape index (κ2) is 6.20. The summed E-state index contributed by atoms with van der Waals surface area (Å²) in [4.78, 5) is 10.0. The molecule has 0 fully saturated rings. The number of hydrogen-bond acceptors (Lipinski definition) is 3. The topological polar surface area (TPSA) is 41.1 Å². The maximum absolute atomic E-state index is 5.42. The zero-order valence-electron chi connectivity index (χ0n) is 11.9. The summed E-state index contributed by atoms with van der Waals surface area (Å²) in [5.74, 6) is 0. The van der Waals surface area contributed by atoms with E-state index in [0.29, 0.717) is 0 Å². The second-order valence-corrected chi connectivity index (χ2v) is 5.08. The number of H-pyrrole nitrogens is 1. The third kappa shape index (κ3) is 2.76. The van der Waals surface area contributed by atoms with E-state index in [-0.39, 0.29) is 0 Å². The van der Waals surface area contributed by atoms with E-state index < -0.39 is 0 Å². The first-order valence-electron chi connectivity index (χ1n) is 7.30. The minimum absolute atomic E-state index is 0.803. The first-order valence-corrected chi connectivity index (χ1v) is 7.30. The number of fused-ring (bicyclic) bond motifs is 1. The van der Waals surface area contributed by atoms with Crippen LogP contribution in [0.3, 0.4) is 0 Å². The molecule has 1 N–H and O–H groups in total. The summed E-state index contributed by atoms with van der Waals surface area (Å²) < 4.78 is 5.42. The zero-order valence-corrected chi connectivity index (χ0v) is 11.9. The Morgan fingerprint density at radius 1 is 1.45 bits per heavy atom. The highest BCUT2D eigenvalue weighted by Gasteiger charge is 2.15. The molecule has 1 aliphatic rings. The van der Waals surface area contributed by atoms with Gasteiger partial charge in [-0.15, -0.1) is 0 Å². The molecule has 2 aromatic heterocycles. The van der Waals surface area contributed by atoms with Gasteiger partial charge >= 0.3 is 0 Å². The van der Waals surface area contributed by atoms with Crippen molar-refractivity contribution >= 4 is 16.6 Å². The Balaban J connectivity index is 1.70. The number of nitrogens with zero attached hydrogens (tertiary/aromatic N) is 2. The Labute approximate surface area is 119 Å². The van der Waals surface area contributed by atoms with Gasteiger partial charge in [-0.3, -0.25) is 4.90 Å². The summed E-state index contributed by atoms with van der Waals surface area (Å²) in [6, 6.07) is 4.13. The molecule has 3 rings (SSSR count). The maximum Gasteiger partial charge on any atom is 0.137 e. The van der Waals surface area contributed by atoms with Crippen LogP contribution in [-0.2, 0) is 4.74 Å². The van der Waals surface area contributed by atoms with Crippen molar-refractivity contribution in [2.75, 3.05) is 32.8 Å². The third-order valence-corrected chi connectivity index (χ3v) is 3.85. The SMILES string of the molecule is CCOCCN1CC=C(c2c[nH]c3ncccc23)CC1. The fourth-order valence-corrected chi connectivity index (χ4v) is 2.72. The average Bonchev–Trinajstić information content (AvgIpc) is 2.92. The highest BCUT2D eigenvalue weighted by Crippen LogP contribution is 2.28. The quantitative estimate of drug-likeness (QED) is 0.850. The van der Waals surface area contributed by atoms with Crippen molar-refractivity contribution in [2.45, 2.75) is 13.3 Å². The molecule has 3 heterocycles. The number of aromatic amines is 1. The summed E-state index contributed by atoms with van der Waals surface area (Å²) >= 11 is 0. The van der Waals surface area contributed by atoms with E-state index in [1.807, 2.05) is 19.2 Å². The van der Waals surface area contributed by atoms with Gasteiger partial charge in [-0.05, 0) is 31.1 Å². The van der Waals surface area contributed by atoms with Gasteiger partial charge in [0.15, 0.2) is 0 Å². The summed E-state index contributed by atoms with van der Waals surface area (Å²) in [7, 11) is 0. The van der Waals surface area contributed by atoms with E-state index in [1.165, 1.54) is 16.5 Å². The molecule has 2 aromatic rings. The molecule has 4 nitrogen and oxygen atoms in total. The Morgan fingerprint density at radius 3 is 3.20 bits per heavy atom. The van der Waals surface area contributed by atoms with Gasteiger partial charge in [0, 0.05) is 49.6 Å². The molecule has 0 atom stereocenters. The largest absolute Gasteiger partial charge is 0.380 e. The molecule has 0 saturated heterocycles. The van der Waals surface area contributed by atoms with Crippen LogP contribution < -0.4 is 0 Å². The lowest BCUT2D eigenvalue weighted by molar-refractivity contribution is 0.117. The summed E-state index contributed by atoms with van der Waals surface area (Å²) in [6.07, 6.45) is 7.34. The lowest BCUT2D eigenvalue weighted by atomic mass is 10.00. The van der Waals surface area contributed by atoms with Crippen LogP contribution in [-0.4, -0.2) is 47.7 Å². The lowest BCUT2D eigenvalue weighted by Gasteiger charge is -2.26. The average molecular weight is 271 g/mol. The Bertz CT molecular complexity index is 603. The van der Waals surface area contributed by atoms with Gasteiger partial charge in [0.2, 0.25) is 0 Å². The predicted molar refractivity (Wildman–Crippen MR) is 81.6 cm³/mol. The molecule has 0 amide bonds. The van der Waals surface area contributed by atoms with E-state index in [2.05, 4.69) is 33.2 Å². The minimum Gasteiger partial charge on any atom is -0.380 e. The van der Waals surface area contributed by atoms with Gasteiger partial charge < -0.3 is 9.72 Å². The van der Waals surface area contributed by atoms with Gasteiger partial charge in [0.1, 0.15) is 5.65 Å². The molecule has 20 heavy (non-hydrogen) atoms. The molecule has 106 valence electrons. The minimum atomic E-state index is 0.803.